The van der Waals surface area contributed by atoms with Crippen LogP contribution in [0.2, 0.25) is 0 Å². The van der Waals surface area contributed by atoms with Gasteiger partial charge in [-0.1, -0.05) is 18.2 Å². The van der Waals surface area contributed by atoms with E-state index < -0.39 is 11.9 Å². The molecule has 2 amide bonds. The van der Waals surface area contributed by atoms with Gasteiger partial charge in [-0.15, -0.1) is 11.3 Å². The summed E-state index contributed by atoms with van der Waals surface area (Å²) in [5.41, 5.74) is 2.66. The molecule has 0 spiro atoms. The lowest BCUT2D eigenvalue weighted by Crippen LogP contribution is -2.32. The van der Waals surface area contributed by atoms with Gasteiger partial charge in [0.15, 0.2) is 11.5 Å². The molecule has 0 N–H and O–H groups in total. The molecule has 1 aliphatic heterocycles. The number of thiophene rings is 1. The van der Waals surface area contributed by atoms with E-state index in [9.17, 15) is 14.4 Å². The number of methoxy groups -OCH3 is 1. The van der Waals surface area contributed by atoms with Crippen molar-refractivity contribution in [2.75, 3.05) is 20.3 Å². The van der Waals surface area contributed by atoms with Crippen LogP contribution in [0.3, 0.4) is 0 Å². The van der Waals surface area contributed by atoms with Crippen molar-refractivity contribution in [1.29, 1.82) is 0 Å². The Morgan fingerprint density at radius 2 is 1.92 bits per heavy atom. The van der Waals surface area contributed by atoms with E-state index >= 15 is 0 Å². The molecule has 0 radical (unpaired) electrons. The highest BCUT2D eigenvalue weighted by Gasteiger charge is 2.35. The van der Waals surface area contributed by atoms with Gasteiger partial charge < -0.3 is 14.2 Å². The number of thioether (sulfide) groups is 1. The van der Waals surface area contributed by atoms with Gasteiger partial charge in [-0.3, -0.25) is 14.5 Å². The number of ether oxygens (including phenoxy) is 3. The van der Waals surface area contributed by atoms with Crippen molar-refractivity contribution in [3.63, 3.8) is 0 Å². The zero-order chi connectivity index (χ0) is 25.8. The largest absolute Gasteiger partial charge is 0.493 e. The first-order chi connectivity index (χ1) is 17.3. The highest BCUT2D eigenvalue weighted by atomic mass is 79.9. The molecule has 0 saturated carbocycles. The first kappa shape index (κ1) is 26.0. The molecule has 0 aliphatic carbocycles. The first-order valence-corrected chi connectivity index (χ1v) is 13.3. The average molecular weight is 589 g/mol. The number of hydrogen-bond acceptors (Lipinski definition) is 8. The van der Waals surface area contributed by atoms with Crippen LogP contribution in [0.15, 0.2) is 57.2 Å². The number of amides is 2. The number of imide groups is 1. The maximum atomic E-state index is 12.9. The standard InChI is InChI=1S/C26H22BrNO6S2/c1-15-6-7-16(2)19(11-15)33-9-8-28-24(29)22(36-26(28)31)14-17-12-18(27)23(20(13-17)32-3)34-25(30)21-5-4-10-35-21/h4-7,10-14H,8-9H2,1-3H3/b22-14-. The van der Waals surface area contributed by atoms with Crippen molar-refractivity contribution >= 4 is 62.2 Å². The van der Waals surface area contributed by atoms with Crippen molar-refractivity contribution < 1.29 is 28.6 Å². The molecule has 2 heterocycles. The molecule has 3 aromatic rings. The third kappa shape index (κ3) is 5.83. The van der Waals surface area contributed by atoms with Gasteiger partial charge >= 0.3 is 5.97 Å². The minimum Gasteiger partial charge on any atom is -0.493 e. The number of benzene rings is 2. The van der Waals surface area contributed by atoms with E-state index in [4.69, 9.17) is 14.2 Å². The fraction of sp³-hybridized carbons (Fsp3) is 0.192. The molecule has 1 aliphatic rings. The van der Waals surface area contributed by atoms with Crippen LogP contribution < -0.4 is 14.2 Å². The van der Waals surface area contributed by atoms with Crippen LogP contribution in [0.5, 0.6) is 17.2 Å². The lowest BCUT2D eigenvalue weighted by Gasteiger charge is -2.14. The number of aryl methyl sites for hydroxylation is 2. The topological polar surface area (TPSA) is 82.1 Å². The van der Waals surface area contributed by atoms with Gasteiger partial charge in [0.25, 0.3) is 11.1 Å². The summed E-state index contributed by atoms with van der Waals surface area (Å²) in [5, 5.41) is 1.43. The van der Waals surface area contributed by atoms with E-state index in [2.05, 4.69) is 15.9 Å². The summed E-state index contributed by atoms with van der Waals surface area (Å²) >= 11 is 5.56. The molecular formula is C26H22BrNO6S2. The van der Waals surface area contributed by atoms with Crippen LogP contribution in [0.1, 0.15) is 26.4 Å². The predicted octanol–water partition coefficient (Wildman–Crippen LogP) is 6.47. The highest BCUT2D eigenvalue weighted by Crippen LogP contribution is 2.39. The maximum absolute atomic E-state index is 12.9. The minimum atomic E-state index is -0.499. The molecule has 1 saturated heterocycles. The van der Waals surface area contributed by atoms with Crippen LogP contribution in [0.4, 0.5) is 4.79 Å². The number of carbonyl (C=O) groups is 3. The van der Waals surface area contributed by atoms with Gasteiger partial charge in [-0.2, -0.15) is 0 Å². The fourth-order valence-electron chi connectivity index (χ4n) is 3.41. The molecule has 186 valence electrons. The third-order valence-corrected chi connectivity index (χ3v) is 7.60. The fourth-order valence-corrected chi connectivity index (χ4v) is 5.42. The SMILES string of the molecule is COc1cc(/C=C2\SC(=O)N(CCOc3cc(C)ccc3C)C2=O)cc(Br)c1OC(=O)c1cccs1. The van der Waals surface area contributed by atoms with E-state index in [0.717, 1.165) is 28.6 Å². The van der Waals surface area contributed by atoms with Gasteiger partial charge in [-0.25, -0.2) is 4.79 Å². The summed E-state index contributed by atoms with van der Waals surface area (Å²) in [6, 6.07) is 12.7. The number of rotatable bonds is 8. The molecule has 10 heteroatoms. The quantitative estimate of drug-likeness (QED) is 0.170. The molecule has 0 bridgehead atoms. The molecule has 36 heavy (non-hydrogen) atoms. The minimum absolute atomic E-state index is 0.139. The summed E-state index contributed by atoms with van der Waals surface area (Å²) in [6.07, 6.45) is 1.61. The maximum Gasteiger partial charge on any atom is 0.353 e. The van der Waals surface area contributed by atoms with Gasteiger partial charge in [-0.05, 0) is 94.0 Å². The first-order valence-electron chi connectivity index (χ1n) is 10.9. The molecular weight excluding hydrogens is 566 g/mol. The molecule has 2 aromatic carbocycles. The van der Waals surface area contributed by atoms with Gasteiger partial charge in [0.2, 0.25) is 0 Å². The van der Waals surface area contributed by atoms with Crippen molar-refractivity contribution in [2.45, 2.75) is 13.8 Å². The Hall–Kier alpha value is -3.08. The lowest BCUT2D eigenvalue weighted by atomic mass is 10.1. The summed E-state index contributed by atoms with van der Waals surface area (Å²) in [6.45, 7) is 4.25. The van der Waals surface area contributed by atoms with Crippen LogP contribution >= 0.6 is 39.0 Å². The Kier molecular flexibility index (Phi) is 8.17. The van der Waals surface area contributed by atoms with Gasteiger partial charge in [0.05, 0.1) is 23.0 Å². The summed E-state index contributed by atoms with van der Waals surface area (Å²) in [5.74, 6) is 0.375. The Morgan fingerprint density at radius 1 is 1.11 bits per heavy atom. The van der Waals surface area contributed by atoms with Crippen LogP contribution in [-0.2, 0) is 4.79 Å². The van der Waals surface area contributed by atoms with Crippen LogP contribution in [0, 0.1) is 13.8 Å². The number of esters is 1. The Labute approximate surface area is 225 Å². The van der Waals surface area contributed by atoms with E-state index in [-0.39, 0.29) is 29.0 Å². The Morgan fingerprint density at radius 3 is 2.64 bits per heavy atom. The van der Waals surface area contributed by atoms with Gasteiger partial charge in [0.1, 0.15) is 17.2 Å². The number of carbonyl (C=O) groups excluding carboxylic acids is 3. The lowest BCUT2D eigenvalue weighted by molar-refractivity contribution is -0.123. The number of nitrogens with zero attached hydrogens (tertiary/aromatic N) is 1. The third-order valence-electron chi connectivity index (χ3n) is 5.26. The molecule has 1 aromatic heterocycles. The summed E-state index contributed by atoms with van der Waals surface area (Å²) in [7, 11) is 1.46. The number of hydrogen-bond donors (Lipinski definition) is 0. The van der Waals surface area contributed by atoms with Crippen molar-refractivity contribution in [3.8, 4) is 17.2 Å². The zero-order valence-corrected chi connectivity index (χ0v) is 22.9. The molecule has 7 nitrogen and oxygen atoms in total. The number of halogens is 1. The normalized spacial score (nSPS) is 14.4. The Bertz CT molecular complexity index is 1350. The molecule has 1 fully saturated rings. The van der Waals surface area contributed by atoms with Gasteiger partial charge in [0, 0.05) is 0 Å². The zero-order valence-electron chi connectivity index (χ0n) is 19.7. The smallest absolute Gasteiger partial charge is 0.353 e. The Balaban J connectivity index is 1.46. The summed E-state index contributed by atoms with van der Waals surface area (Å²) in [4.78, 5) is 39.7. The highest BCUT2D eigenvalue weighted by molar-refractivity contribution is 9.10. The van der Waals surface area contributed by atoms with E-state index in [0.29, 0.717) is 20.7 Å². The average Bonchev–Trinajstić information content (AvgIpc) is 3.47. The second kappa shape index (κ2) is 11.3. The monoisotopic (exact) mass is 587 g/mol. The van der Waals surface area contributed by atoms with Crippen LogP contribution in [0.25, 0.3) is 6.08 Å². The second-order valence-corrected chi connectivity index (χ2v) is 10.6. The molecule has 0 atom stereocenters. The van der Waals surface area contributed by atoms with Crippen molar-refractivity contribution in [1.82, 2.24) is 4.90 Å². The van der Waals surface area contributed by atoms with Crippen LogP contribution in [-0.4, -0.2) is 42.3 Å². The van der Waals surface area contributed by atoms with E-state index in [1.165, 1.54) is 23.3 Å². The van der Waals surface area contributed by atoms with Crippen molar-refractivity contribution in [3.05, 3.63) is 78.8 Å². The van der Waals surface area contributed by atoms with E-state index in [1.54, 1.807) is 35.7 Å². The van der Waals surface area contributed by atoms with Crippen molar-refractivity contribution in [2.24, 2.45) is 0 Å². The molecule has 0 unspecified atom stereocenters. The molecule has 4 rings (SSSR count). The van der Waals surface area contributed by atoms with E-state index in [1.807, 2.05) is 32.0 Å². The summed E-state index contributed by atoms with van der Waals surface area (Å²) < 4.78 is 17.2. The predicted molar refractivity (Wildman–Crippen MR) is 144 cm³/mol. The second-order valence-electron chi connectivity index (χ2n) is 7.85.